The van der Waals surface area contributed by atoms with Gasteiger partial charge in [0, 0.05) is 5.69 Å². The van der Waals surface area contributed by atoms with Gasteiger partial charge in [-0.1, -0.05) is 62.7 Å². The van der Waals surface area contributed by atoms with Gasteiger partial charge in [0.05, 0.1) is 17.1 Å². The second-order valence-corrected chi connectivity index (χ2v) is 7.04. The van der Waals surface area contributed by atoms with Gasteiger partial charge in [0.1, 0.15) is 0 Å². The van der Waals surface area contributed by atoms with Crippen molar-refractivity contribution in [2.75, 3.05) is 5.32 Å². The maximum atomic E-state index is 6.17. The van der Waals surface area contributed by atoms with Crippen molar-refractivity contribution in [2.45, 2.75) is 32.7 Å². The quantitative estimate of drug-likeness (QED) is 0.699. The zero-order valence-electron chi connectivity index (χ0n) is 14.0. The maximum Gasteiger partial charge on any atom is 0.249 e. The molecule has 0 atom stereocenters. The predicted octanol–water partition coefficient (Wildman–Crippen LogP) is 5.30. The maximum absolute atomic E-state index is 6.17. The number of para-hydroxylation sites is 1. The van der Waals surface area contributed by atoms with Crippen LogP contribution in [0.25, 0.3) is 11.5 Å². The highest BCUT2D eigenvalue weighted by Crippen LogP contribution is 2.30. The minimum Gasteiger partial charge on any atom is -0.419 e. The van der Waals surface area contributed by atoms with E-state index in [1.165, 1.54) is 5.56 Å². The van der Waals surface area contributed by atoms with Gasteiger partial charge in [0.2, 0.25) is 11.8 Å². The van der Waals surface area contributed by atoms with Crippen molar-refractivity contribution >= 4 is 17.3 Å². The third kappa shape index (κ3) is 3.60. The number of benzene rings is 2. The number of anilines is 1. The highest BCUT2D eigenvalue weighted by molar-refractivity contribution is 6.33. The molecule has 0 aliphatic heterocycles. The van der Waals surface area contributed by atoms with Gasteiger partial charge in [0.15, 0.2) is 0 Å². The Balaban J connectivity index is 1.77. The molecule has 0 aliphatic rings. The summed E-state index contributed by atoms with van der Waals surface area (Å²) in [5.41, 5.74) is 3.12. The lowest BCUT2D eigenvalue weighted by molar-refractivity contribution is 0.514. The number of aromatic nitrogens is 2. The van der Waals surface area contributed by atoms with Crippen molar-refractivity contribution in [3.8, 4) is 11.5 Å². The van der Waals surface area contributed by atoms with Crippen LogP contribution in [0.5, 0.6) is 0 Å². The first-order valence-electron chi connectivity index (χ1n) is 7.86. The summed E-state index contributed by atoms with van der Waals surface area (Å²) < 4.78 is 5.73. The summed E-state index contributed by atoms with van der Waals surface area (Å²) in [5.74, 6) is 0.954. The molecule has 3 rings (SSSR count). The average Bonchev–Trinajstić information content (AvgIpc) is 3.01. The molecule has 1 aromatic heterocycles. The minimum atomic E-state index is 0.0567. The van der Waals surface area contributed by atoms with E-state index in [1.54, 1.807) is 6.07 Å². The van der Waals surface area contributed by atoms with Gasteiger partial charge in [-0.3, -0.25) is 0 Å². The lowest BCUT2D eigenvalue weighted by Crippen LogP contribution is -2.14. The molecule has 0 unspecified atom stereocenters. The van der Waals surface area contributed by atoms with Gasteiger partial charge in [-0.15, -0.1) is 10.2 Å². The lowest BCUT2D eigenvalue weighted by atomic mass is 9.86. The fourth-order valence-corrected chi connectivity index (χ4v) is 2.75. The van der Waals surface area contributed by atoms with Crippen molar-refractivity contribution in [2.24, 2.45) is 0 Å². The third-order valence-electron chi connectivity index (χ3n) is 3.74. The molecule has 0 bridgehead atoms. The molecule has 0 radical (unpaired) electrons. The molecule has 2 aromatic carbocycles. The number of rotatable bonds is 4. The number of nitrogens with zero attached hydrogens (tertiary/aromatic N) is 2. The van der Waals surface area contributed by atoms with Crippen LogP contribution in [0.2, 0.25) is 5.02 Å². The molecule has 0 spiro atoms. The molecule has 1 heterocycles. The van der Waals surface area contributed by atoms with Crippen molar-refractivity contribution in [3.05, 3.63) is 65.0 Å². The standard InChI is InChI=1S/C19H20ClN3O/c1-19(2,3)14-9-5-7-11-16(14)21-12-17-22-23-18(24-17)13-8-4-6-10-15(13)20/h4-11,21H,12H2,1-3H3. The summed E-state index contributed by atoms with van der Waals surface area (Å²) in [7, 11) is 0. The Morgan fingerprint density at radius 3 is 2.46 bits per heavy atom. The summed E-state index contributed by atoms with van der Waals surface area (Å²) in [6.07, 6.45) is 0. The van der Waals surface area contributed by atoms with Crippen LogP contribution in [0.1, 0.15) is 32.2 Å². The zero-order valence-corrected chi connectivity index (χ0v) is 14.8. The van der Waals surface area contributed by atoms with Gasteiger partial charge >= 0.3 is 0 Å². The van der Waals surface area contributed by atoms with Crippen LogP contribution in [0.4, 0.5) is 5.69 Å². The second-order valence-electron chi connectivity index (χ2n) is 6.63. The highest BCUT2D eigenvalue weighted by Gasteiger charge is 2.18. The van der Waals surface area contributed by atoms with Crippen molar-refractivity contribution in [1.82, 2.24) is 10.2 Å². The summed E-state index contributed by atoms with van der Waals surface area (Å²) in [4.78, 5) is 0. The van der Waals surface area contributed by atoms with Crippen LogP contribution in [-0.4, -0.2) is 10.2 Å². The molecular weight excluding hydrogens is 322 g/mol. The molecular formula is C19H20ClN3O. The Kier molecular flexibility index (Phi) is 4.58. The number of hydrogen-bond donors (Lipinski definition) is 1. The van der Waals surface area contributed by atoms with E-state index < -0.39 is 0 Å². The van der Waals surface area contributed by atoms with Crippen LogP contribution in [0, 0.1) is 0 Å². The van der Waals surface area contributed by atoms with Crippen molar-refractivity contribution in [3.63, 3.8) is 0 Å². The SMILES string of the molecule is CC(C)(C)c1ccccc1NCc1nnc(-c2ccccc2Cl)o1. The van der Waals surface area contributed by atoms with Gasteiger partial charge in [-0.2, -0.15) is 0 Å². The number of halogens is 1. The van der Waals surface area contributed by atoms with Crippen LogP contribution >= 0.6 is 11.6 Å². The molecule has 0 saturated carbocycles. The van der Waals surface area contributed by atoms with E-state index in [0.29, 0.717) is 23.3 Å². The Labute approximate surface area is 146 Å². The number of hydrogen-bond acceptors (Lipinski definition) is 4. The molecule has 5 heteroatoms. The first kappa shape index (κ1) is 16.5. The predicted molar refractivity (Wildman–Crippen MR) is 97.2 cm³/mol. The Bertz CT molecular complexity index is 836. The first-order valence-corrected chi connectivity index (χ1v) is 8.23. The van der Waals surface area contributed by atoms with Crippen LogP contribution in [0.3, 0.4) is 0 Å². The molecule has 0 amide bonds. The first-order chi connectivity index (χ1) is 11.4. The van der Waals surface area contributed by atoms with Gasteiger partial charge in [-0.05, 0) is 29.2 Å². The van der Waals surface area contributed by atoms with E-state index >= 15 is 0 Å². The summed E-state index contributed by atoms with van der Waals surface area (Å²) in [6.45, 7) is 7.03. The van der Waals surface area contributed by atoms with Gasteiger partial charge in [0.25, 0.3) is 0 Å². The molecule has 4 nitrogen and oxygen atoms in total. The Morgan fingerprint density at radius 1 is 1.00 bits per heavy atom. The second kappa shape index (κ2) is 6.65. The van der Waals surface area contributed by atoms with Crippen LogP contribution in [-0.2, 0) is 12.0 Å². The molecule has 0 saturated heterocycles. The monoisotopic (exact) mass is 341 g/mol. The van der Waals surface area contributed by atoms with Gasteiger partial charge < -0.3 is 9.73 Å². The third-order valence-corrected chi connectivity index (χ3v) is 4.07. The van der Waals surface area contributed by atoms with E-state index in [2.05, 4.69) is 48.4 Å². The summed E-state index contributed by atoms with van der Waals surface area (Å²) in [5, 5.41) is 12.2. The van der Waals surface area contributed by atoms with E-state index in [1.807, 2.05) is 30.3 Å². The topological polar surface area (TPSA) is 51.0 Å². The Morgan fingerprint density at radius 2 is 1.71 bits per heavy atom. The summed E-state index contributed by atoms with van der Waals surface area (Å²) in [6, 6.07) is 15.7. The normalized spacial score (nSPS) is 11.5. The fourth-order valence-electron chi connectivity index (χ4n) is 2.53. The molecule has 24 heavy (non-hydrogen) atoms. The molecule has 124 valence electrons. The Hall–Kier alpha value is -2.33. The van der Waals surface area contributed by atoms with Gasteiger partial charge in [-0.25, -0.2) is 0 Å². The molecule has 1 N–H and O–H groups in total. The van der Waals surface area contributed by atoms with Crippen LogP contribution < -0.4 is 5.32 Å². The van der Waals surface area contributed by atoms with E-state index in [0.717, 1.165) is 11.3 Å². The van der Waals surface area contributed by atoms with E-state index in [4.69, 9.17) is 16.0 Å². The largest absolute Gasteiger partial charge is 0.419 e. The fraction of sp³-hybridized carbons (Fsp3) is 0.263. The van der Waals surface area contributed by atoms with Crippen LogP contribution in [0.15, 0.2) is 52.9 Å². The number of nitrogens with one attached hydrogen (secondary N) is 1. The molecule has 3 aromatic rings. The minimum absolute atomic E-state index is 0.0567. The molecule has 0 fully saturated rings. The zero-order chi connectivity index (χ0) is 17.2. The highest BCUT2D eigenvalue weighted by atomic mass is 35.5. The van der Waals surface area contributed by atoms with Crippen molar-refractivity contribution in [1.29, 1.82) is 0 Å². The average molecular weight is 342 g/mol. The van der Waals surface area contributed by atoms with E-state index in [9.17, 15) is 0 Å². The molecule has 0 aliphatic carbocycles. The smallest absolute Gasteiger partial charge is 0.249 e. The summed E-state index contributed by atoms with van der Waals surface area (Å²) >= 11 is 6.17. The lowest BCUT2D eigenvalue weighted by Gasteiger charge is -2.23. The van der Waals surface area contributed by atoms with Crippen molar-refractivity contribution < 1.29 is 4.42 Å². The van der Waals surface area contributed by atoms with E-state index in [-0.39, 0.29) is 5.41 Å².